The van der Waals surface area contributed by atoms with Crippen molar-refractivity contribution in [3.05, 3.63) is 76.1 Å². The number of aliphatic hydroxyl groups is 4. The van der Waals surface area contributed by atoms with Crippen LogP contribution < -0.4 is 10.8 Å². The smallest absolute Gasteiger partial charge is 0.504 e. The molecule has 2 heterocycles. The summed E-state index contributed by atoms with van der Waals surface area (Å²) in [5.41, 5.74) is -3.95. The van der Waals surface area contributed by atoms with Gasteiger partial charge in [-0.25, -0.2) is 0 Å². The average Bonchev–Trinajstić information content (AvgIpc) is 3.57. The summed E-state index contributed by atoms with van der Waals surface area (Å²) in [6, 6.07) is 10.7. The third-order valence-electron chi connectivity index (χ3n) is 11.6. The van der Waals surface area contributed by atoms with E-state index in [1.165, 1.54) is 30.0 Å². The number of ketones is 2. The van der Waals surface area contributed by atoms with E-state index < -0.39 is 81.7 Å². The third kappa shape index (κ3) is 4.04. The molecule has 0 radical (unpaired) electrons. The highest BCUT2D eigenvalue weighted by molar-refractivity contribution is 6.75. The van der Waals surface area contributed by atoms with Crippen molar-refractivity contribution in [3.63, 3.8) is 0 Å². The Morgan fingerprint density at radius 3 is 2.35 bits per heavy atom. The van der Waals surface area contributed by atoms with Gasteiger partial charge in [0.2, 0.25) is 5.78 Å². The fourth-order valence-corrected chi connectivity index (χ4v) is 9.15. The Labute approximate surface area is 277 Å². The van der Waals surface area contributed by atoms with Gasteiger partial charge in [0.1, 0.15) is 29.5 Å². The molecule has 2 aromatic carbocycles. The highest BCUT2D eigenvalue weighted by Gasteiger charge is 2.67. The molecule has 3 aliphatic carbocycles. The first-order valence-electron chi connectivity index (χ1n) is 16.2. The topological polar surface area (TPSA) is 186 Å². The van der Waals surface area contributed by atoms with E-state index in [2.05, 4.69) is 5.32 Å². The van der Waals surface area contributed by atoms with E-state index in [0.717, 1.165) is 11.0 Å². The Morgan fingerprint density at radius 1 is 1.04 bits per heavy atom. The number of hydrogen-bond donors (Lipinski definition) is 6. The van der Waals surface area contributed by atoms with Gasteiger partial charge < -0.3 is 44.6 Å². The van der Waals surface area contributed by atoms with Gasteiger partial charge in [-0.15, -0.1) is 0 Å². The average molecular weight is 662 g/mol. The number of carbonyl (C=O) groups is 3. The van der Waals surface area contributed by atoms with Crippen LogP contribution in [0.2, 0.25) is 0 Å². The van der Waals surface area contributed by atoms with Crippen molar-refractivity contribution in [1.29, 1.82) is 0 Å². The molecule has 7 rings (SSSR count). The Morgan fingerprint density at radius 2 is 1.71 bits per heavy atom. The molecule has 2 aromatic rings. The van der Waals surface area contributed by atoms with Crippen molar-refractivity contribution >= 4 is 35.4 Å². The number of nitrogens with one attached hydrogen (secondary N) is 1. The molecule has 0 aromatic heterocycles. The first-order chi connectivity index (χ1) is 22.6. The number of Topliss-reactive ketones (excluding diaryl/α,β-unsaturated/α-hetero) is 2. The fourth-order valence-electron chi connectivity index (χ4n) is 9.15. The zero-order valence-electron chi connectivity index (χ0n) is 27.3. The molecular weight excluding hydrogens is 621 g/mol. The maximum absolute atomic E-state index is 14.4. The molecule has 6 N–H and O–H groups in total. The summed E-state index contributed by atoms with van der Waals surface area (Å²) in [5.74, 6) is -7.52. The molecule has 48 heavy (non-hydrogen) atoms. The molecule has 14 heteroatoms. The number of quaternary nitrogens is 1. The number of phenols is 1. The normalized spacial score (nSPS) is 35.8. The molecule has 0 spiro atoms. The van der Waals surface area contributed by atoms with Gasteiger partial charge in [-0.1, -0.05) is 47.4 Å². The summed E-state index contributed by atoms with van der Waals surface area (Å²) in [6.45, 7) is 3.08. The number of benzene rings is 2. The second kappa shape index (κ2) is 10.7. The van der Waals surface area contributed by atoms with Crippen molar-refractivity contribution in [2.45, 2.75) is 37.5 Å². The lowest BCUT2D eigenvalue weighted by atomic mass is 9.54. The molecule has 254 valence electrons. The van der Waals surface area contributed by atoms with Crippen LogP contribution in [0.3, 0.4) is 0 Å². The predicted octanol–water partition coefficient (Wildman–Crippen LogP) is 0.249. The summed E-state index contributed by atoms with van der Waals surface area (Å²) >= 11 is 0. The Hall–Kier alpha value is -4.05. The Balaban J connectivity index is 1.29. The summed E-state index contributed by atoms with van der Waals surface area (Å²) < 4.78 is 12.8. The molecule has 1 amide bonds. The van der Waals surface area contributed by atoms with Crippen LogP contribution in [0.15, 0.2) is 59.4 Å². The first kappa shape index (κ1) is 32.5. The van der Waals surface area contributed by atoms with Crippen LogP contribution >= 0.6 is 0 Å². The van der Waals surface area contributed by atoms with Crippen LogP contribution in [-0.4, -0.2) is 118 Å². The second-order valence-electron chi connectivity index (χ2n) is 14.2. The van der Waals surface area contributed by atoms with E-state index >= 15 is 0 Å². The van der Waals surface area contributed by atoms with Gasteiger partial charge in [-0.05, 0) is 46.0 Å². The van der Waals surface area contributed by atoms with Crippen molar-refractivity contribution in [2.24, 2.45) is 11.8 Å². The number of aryl methyl sites for hydroxylation is 1. The number of rotatable bonds is 5. The number of amides is 1. The van der Waals surface area contributed by atoms with Crippen molar-refractivity contribution < 1.29 is 53.6 Å². The Kier molecular flexibility index (Phi) is 7.26. The quantitative estimate of drug-likeness (QED) is 0.191. The number of nitrogens with zero attached hydrogens (tertiary/aromatic N) is 2. The molecule has 2 saturated heterocycles. The van der Waals surface area contributed by atoms with E-state index in [0.29, 0.717) is 26.3 Å². The Bertz CT molecular complexity index is 1830. The number of fused-ring (bicyclic) bond motifs is 4. The number of hydrogen-bond acceptors (Lipinski definition) is 11. The predicted molar refractivity (Wildman–Crippen MR) is 172 cm³/mol. The lowest BCUT2D eigenvalue weighted by Gasteiger charge is -2.53. The monoisotopic (exact) mass is 661 g/mol. The number of phenolic OH excluding ortho intramolecular Hbond substituents is 1. The number of likely N-dealkylation sites (N-methyl/N-ethyl adjacent to an activating group) is 1. The number of aliphatic hydroxyl groups excluding tert-OH is 2. The van der Waals surface area contributed by atoms with Gasteiger partial charge in [-0.3, -0.25) is 19.3 Å². The molecule has 0 unspecified atom stereocenters. The molecule has 0 bridgehead atoms. The van der Waals surface area contributed by atoms with E-state index in [4.69, 9.17) is 9.31 Å². The van der Waals surface area contributed by atoms with Crippen LogP contribution in [-0.2, 0) is 29.3 Å². The van der Waals surface area contributed by atoms with Crippen molar-refractivity contribution in [1.82, 2.24) is 10.2 Å². The highest BCUT2D eigenvalue weighted by atomic mass is 16.6. The number of carbonyl (C=O) groups excluding carboxylic acids is 3. The lowest BCUT2D eigenvalue weighted by molar-refractivity contribution is -0.822. The van der Waals surface area contributed by atoms with E-state index in [-0.39, 0.29) is 28.6 Å². The molecule has 5 aliphatic rings. The highest BCUT2D eigenvalue weighted by Crippen LogP contribution is 2.57. The van der Waals surface area contributed by atoms with Gasteiger partial charge >= 0.3 is 6.69 Å². The molecule has 2 aliphatic heterocycles. The van der Waals surface area contributed by atoms with Crippen LogP contribution in [0.25, 0.3) is 5.76 Å². The summed E-state index contributed by atoms with van der Waals surface area (Å²) in [5, 5.41) is 60.4. The summed E-state index contributed by atoms with van der Waals surface area (Å²) in [6.07, 6.45) is -0.215. The molecule has 3 fully saturated rings. The minimum Gasteiger partial charge on any atom is -0.508 e. The van der Waals surface area contributed by atoms with Crippen LogP contribution in [0.4, 0.5) is 0 Å². The number of aromatic hydroxyl groups is 1. The first-order valence-corrected chi connectivity index (χ1v) is 16.2. The third-order valence-corrected chi connectivity index (χ3v) is 11.6. The lowest BCUT2D eigenvalue weighted by Crippen LogP contribution is -2.72. The van der Waals surface area contributed by atoms with Crippen LogP contribution in [0, 0.1) is 18.8 Å². The van der Waals surface area contributed by atoms with Gasteiger partial charge in [0.25, 0.3) is 5.91 Å². The summed E-state index contributed by atoms with van der Waals surface area (Å²) in [4.78, 5) is 44.0. The molecular formula is C34H40BN3O10. The van der Waals surface area contributed by atoms with Crippen molar-refractivity contribution in [3.8, 4) is 5.75 Å². The fraction of sp³-hybridized carbons (Fsp3) is 0.441. The van der Waals surface area contributed by atoms with E-state index in [1.54, 1.807) is 14.1 Å². The summed E-state index contributed by atoms with van der Waals surface area (Å²) in [7, 11) is 3.11. The zero-order chi connectivity index (χ0) is 34.6. The van der Waals surface area contributed by atoms with E-state index in [9.17, 15) is 39.9 Å². The standard InChI is InChI=1S/C34H40BN3O10/c1-18-8-5-6-10-22(18)35-38(12-14-47-35,13-15-48-35)17-36-32(44)26-29(41)27(37(3)4)21-16-20-25(30(42)34(21,46)31(26)43)28(40)24-19(33(20,2)45)9-7-11-23(24)39/h5-11,20-21,27,39-40,43,45-46H,12-17H2,1-4H3,(H,36,44)/t20-,21+,27-,33-,34-,35?,38?/m1/s1. The van der Waals surface area contributed by atoms with Gasteiger partial charge in [0.15, 0.2) is 11.4 Å². The molecule has 13 nitrogen and oxygen atoms in total. The molecule has 5 atom stereocenters. The second-order valence-corrected chi connectivity index (χ2v) is 14.2. The minimum absolute atomic E-state index is 0.0212. The van der Waals surface area contributed by atoms with Crippen molar-refractivity contribution in [2.75, 3.05) is 47.1 Å². The maximum Gasteiger partial charge on any atom is 0.504 e. The zero-order valence-corrected chi connectivity index (χ0v) is 27.3. The molecule has 1 saturated carbocycles. The maximum atomic E-state index is 14.4. The SMILES string of the molecule is Cc1ccccc1[B-]12OCC[N+]1(CNC(=O)C1=C(O)[C@]3(O)C(=O)C4=C(O)c5c(O)cccc5[C@@](C)(O)[C@@H]4C[C@H]3[C@@H](N(C)C)C1=O)CCO2. The largest absolute Gasteiger partial charge is 0.508 e. The minimum atomic E-state index is -2.80. The van der Waals surface area contributed by atoms with Gasteiger partial charge in [0, 0.05) is 17.4 Å². The van der Waals surface area contributed by atoms with Gasteiger partial charge in [0.05, 0.1) is 43.5 Å². The van der Waals surface area contributed by atoms with Crippen LogP contribution in [0.1, 0.15) is 30.0 Å². The van der Waals surface area contributed by atoms with Gasteiger partial charge in [-0.2, -0.15) is 0 Å². The van der Waals surface area contributed by atoms with Crippen LogP contribution in [0.5, 0.6) is 5.75 Å². The van der Waals surface area contributed by atoms with E-state index in [1.807, 2.05) is 31.2 Å².